The first-order valence-electron chi connectivity index (χ1n) is 9.07. The highest BCUT2D eigenvalue weighted by molar-refractivity contribution is 4.89. The van der Waals surface area contributed by atoms with Crippen molar-refractivity contribution in [1.82, 2.24) is 15.1 Å². The van der Waals surface area contributed by atoms with Gasteiger partial charge in [-0.1, -0.05) is 25.7 Å². The molecule has 0 amide bonds. The fraction of sp³-hybridized carbons (Fsp3) is 1.00. The van der Waals surface area contributed by atoms with Gasteiger partial charge in [-0.25, -0.2) is 0 Å². The smallest absolute Gasteiger partial charge is 0.0126 e. The molecule has 2 aliphatic rings. The van der Waals surface area contributed by atoms with E-state index in [1.165, 1.54) is 77.8 Å². The van der Waals surface area contributed by atoms with E-state index in [1.807, 2.05) is 0 Å². The van der Waals surface area contributed by atoms with Gasteiger partial charge >= 0.3 is 0 Å². The Bertz CT molecular complexity index is 292. The van der Waals surface area contributed by atoms with Crippen molar-refractivity contribution in [2.24, 2.45) is 5.41 Å². The molecule has 0 unspecified atom stereocenters. The summed E-state index contributed by atoms with van der Waals surface area (Å²) in [6.07, 6.45) is 8.61. The van der Waals surface area contributed by atoms with Gasteiger partial charge in [0.15, 0.2) is 0 Å². The highest BCUT2D eigenvalue weighted by atomic mass is 15.3. The Morgan fingerprint density at radius 2 is 1.48 bits per heavy atom. The van der Waals surface area contributed by atoms with Crippen LogP contribution in [0.5, 0.6) is 0 Å². The Labute approximate surface area is 132 Å². The fourth-order valence-corrected chi connectivity index (χ4v) is 4.30. The Kier molecular flexibility index (Phi) is 6.10. The third-order valence-corrected chi connectivity index (χ3v) is 5.60. The van der Waals surface area contributed by atoms with Crippen molar-refractivity contribution < 1.29 is 0 Å². The molecule has 0 radical (unpaired) electrons. The van der Waals surface area contributed by atoms with Crippen LogP contribution in [0.15, 0.2) is 0 Å². The Balaban J connectivity index is 1.90. The lowest BCUT2D eigenvalue weighted by Crippen LogP contribution is -2.55. The zero-order valence-corrected chi connectivity index (χ0v) is 14.9. The van der Waals surface area contributed by atoms with E-state index in [4.69, 9.17) is 0 Å². The Morgan fingerprint density at radius 1 is 0.905 bits per heavy atom. The van der Waals surface area contributed by atoms with Gasteiger partial charge in [0.2, 0.25) is 0 Å². The van der Waals surface area contributed by atoms with E-state index in [1.54, 1.807) is 0 Å². The molecule has 0 atom stereocenters. The molecule has 0 spiro atoms. The van der Waals surface area contributed by atoms with Crippen LogP contribution < -0.4 is 5.32 Å². The van der Waals surface area contributed by atoms with Crippen molar-refractivity contribution >= 4 is 0 Å². The summed E-state index contributed by atoms with van der Waals surface area (Å²) in [5.74, 6) is 0. The predicted octanol–water partition coefficient (Wildman–Crippen LogP) is 2.96. The van der Waals surface area contributed by atoms with Gasteiger partial charge < -0.3 is 10.2 Å². The lowest BCUT2D eigenvalue weighted by atomic mass is 9.79. The van der Waals surface area contributed by atoms with Crippen LogP contribution in [0.1, 0.15) is 59.3 Å². The van der Waals surface area contributed by atoms with Crippen LogP contribution in [-0.4, -0.2) is 61.7 Å². The topological polar surface area (TPSA) is 18.5 Å². The summed E-state index contributed by atoms with van der Waals surface area (Å²) in [6.45, 7) is 14.5. The van der Waals surface area contributed by atoms with Crippen LogP contribution in [0.3, 0.4) is 0 Å². The van der Waals surface area contributed by atoms with E-state index >= 15 is 0 Å². The molecular weight excluding hydrogens is 258 g/mol. The summed E-state index contributed by atoms with van der Waals surface area (Å²) in [4.78, 5) is 5.38. The zero-order valence-electron chi connectivity index (χ0n) is 14.9. The Hall–Kier alpha value is -0.120. The van der Waals surface area contributed by atoms with Crippen molar-refractivity contribution in [2.45, 2.75) is 64.8 Å². The molecule has 2 rings (SSSR count). The maximum atomic E-state index is 3.49. The van der Waals surface area contributed by atoms with E-state index in [2.05, 4.69) is 42.9 Å². The maximum Gasteiger partial charge on any atom is 0.0126 e. The minimum Gasteiger partial charge on any atom is -0.319 e. The summed E-state index contributed by atoms with van der Waals surface area (Å²) in [6, 6.07) is 0. The number of hydrogen-bond donors (Lipinski definition) is 1. The zero-order chi connectivity index (χ0) is 15.3. The Morgan fingerprint density at radius 3 is 1.95 bits per heavy atom. The van der Waals surface area contributed by atoms with Crippen LogP contribution in [0, 0.1) is 5.41 Å². The minimum atomic E-state index is 0.330. The van der Waals surface area contributed by atoms with Gasteiger partial charge in [-0.2, -0.15) is 0 Å². The molecule has 1 heterocycles. The second-order valence-electron chi connectivity index (χ2n) is 8.38. The van der Waals surface area contributed by atoms with Gasteiger partial charge in [0, 0.05) is 44.8 Å². The molecule has 0 aromatic heterocycles. The van der Waals surface area contributed by atoms with E-state index in [9.17, 15) is 0 Å². The number of rotatable bonds is 4. The second-order valence-corrected chi connectivity index (χ2v) is 8.38. The van der Waals surface area contributed by atoms with Crippen LogP contribution in [0.2, 0.25) is 0 Å². The van der Waals surface area contributed by atoms with E-state index < -0.39 is 0 Å². The number of hydrogen-bond acceptors (Lipinski definition) is 3. The number of nitrogens with zero attached hydrogens (tertiary/aromatic N) is 2. The first-order chi connectivity index (χ1) is 9.95. The number of piperazine rings is 1. The number of nitrogens with one attached hydrogen (secondary N) is 1. The average Bonchev–Trinajstić information content (AvgIpc) is 2.65. The van der Waals surface area contributed by atoms with Crippen LogP contribution >= 0.6 is 0 Å². The van der Waals surface area contributed by atoms with Crippen molar-refractivity contribution in [3.63, 3.8) is 0 Å². The lowest BCUT2D eigenvalue weighted by Gasteiger charge is -2.45. The largest absolute Gasteiger partial charge is 0.319 e. The summed E-state index contributed by atoms with van der Waals surface area (Å²) in [5.41, 5.74) is 0.867. The maximum absolute atomic E-state index is 3.49. The average molecular weight is 296 g/mol. The van der Waals surface area contributed by atoms with Crippen molar-refractivity contribution in [1.29, 1.82) is 0 Å². The van der Waals surface area contributed by atoms with Gasteiger partial charge in [-0.3, -0.25) is 4.90 Å². The molecule has 0 aromatic rings. The van der Waals surface area contributed by atoms with E-state index in [0.717, 1.165) is 0 Å². The standard InChI is InChI=1S/C18H37N3/c1-17(2,3)21-13-11-20(12-14-21)16-18(15-19-4)9-7-5-6-8-10-18/h19H,5-16H2,1-4H3. The van der Waals surface area contributed by atoms with E-state index in [-0.39, 0.29) is 0 Å². The van der Waals surface area contributed by atoms with Crippen LogP contribution in [0.4, 0.5) is 0 Å². The lowest BCUT2D eigenvalue weighted by molar-refractivity contribution is 0.0354. The first kappa shape index (κ1) is 17.2. The molecule has 1 aliphatic carbocycles. The van der Waals surface area contributed by atoms with Gasteiger partial charge in [0.25, 0.3) is 0 Å². The van der Waals surface area contributed by atoms with Gasteiger partial charge in [0.05, 0.1) is 0 Å². The molecule has 1 saturated heterocycles. The van der Waals surface area contributed by atoms with Gasteiger partial charge in [-0.05, 0) is 46.1 Å². The minimum absolute atomic E-state index is 0.330. The van der Waals surface area contributed by atoms with Crippen LogP contribution in [-0.2, 0) is 0 Å². The highest BCUT2D eigenvalue weighted by Crippen LogP contribution is 2.35. The highest BCUT2D eigenvalue weighted by Gasteiger charge is 2.34. The van der Waals surface area contributed by atoms with Gasteiger partial charge in [0.1, 0.15) is 0 Å². The normalized spacial score (nSPS) is 25.7. The van der Waals surface area contributed by atoms with Crippen molar-refractivity contribution in [3.05, 3.63) is 0 Å². The third-order valence-electron chi connectivity index (χ3n) is 5.60. The molecular formula is C18H37N3. The fourth-order valence-electron chi connectivity index (χ4n) is 4.30. The SMILES string of the molecule is CNCC1(CN2CCN(C(C)(C)C)CC2)CCCCCC1. The molecule has 3 nitrogen and oxygen atoms in total. The molecule has 0 aromatic carbocycles. The second kappa shape index (κ2) is 7.43. The summed E-state index contributed by atoms with van der Waals surface area (Å²) in [5, 5.41) is 3.49. The molecule has 21 heavy (non-hydrogen) atoms. The van der Waals surface area contributed by atoms with Crippen molar-refractivity contribution in [3.8, 4) is 0 Å². The van der Waals surface area contributed by atoms with Crippen molar-refractivity contribution in [2.75, 3.05) is 46.3 Å². The molecule has 1 aliphatic heterocycles. The predicted molar refractivity (Wildman–Crippen MR) is 91.8 cm³/mol. The molecule has 3 heteroatoms. The molecule has 2 fully saturated rings. The quantitative estimate of drug-likeness (QED) is 0.805. The van der Waals surface area contributed by atoms with E-state index in [0.29, 0.717) is 11.0 Å². The summed E-state index contributed by atoms with van der Waals surface area (Å²) >= 11 is 0. The summed E-state index contributed by atoms with van der Waals surface area (Å²) < 4.78 is 0. The third kappa shape index (κ3) is 4.94. The molecule has 124 valence electrons. The van der Waals surface area contributed by atoms with Crippen LogP contribution in [0.25, 0.3) is 0 Å². The van der Waals surface area contributed by atoms with Gasteiger partial charge in [-0.15, -0.1) is 0 Å². The molecule has 0 bridgehead atoms. The first-order valence-corrected chi connectivity index (χ1v) is 9.07. The molecule has 1 N–H and O–H groups in total. The summed E-state index contributed by atoms with van der Waals surface area (Å²) in [7, 11) is 2.13. The molecule has 1 saturated carbocycles. The monoisotopic (exact) mass is 295 g/mol.